The van der Waals surface area contributed by atoms with Crippen LogP contribution in [0.1, 0.15) is 5.56 Å². The predicted molar refractivity (Wildman–Crippen MR) is 69.5 cm³/mol. The monoisotopic (exact) mass is 332 g/mol. The van der Waals surface area contributed by atoms with Crippen LogP contribution >= 0.6 is 0 Å². The van der Waals surface area contributed by atoms with E-state index in [-0.39, 0.29) is 15.0 Å². The second kappa shape index (κ2) is 5.68. The first-order valence-corrected chi connectivity index (χ1v) is 7.19. The summed E-state index contributed by atoms with van der Waals surface area (Å²) in [4.78, 5) is 0. The van der Waals surface area contributed by atoms with E-state index >= 15 is 0 Å². The second-order valence-electron chi connectivity index (χ2n) is 3.80. The van der Waals surface area contributed by atoms with Gasteiger partial charge in [-0.05, 0) is 0 Å². The number of halogens is 3. The van der Waals surface area contributed by atoms with Crippen LogP contribution in [0.2, 0.25) is 0 Å². The van der Waals surface area contributed by atoms with E-state index < -0.39 is 11.7 Å². The molecule has 0 aromatic heterocycles. The Hall–Kier alpha value is -1.45. The van der Waals surface area contributed by atoms with Crippen LogP contribution in [0, 0.1) is 0 Å². The zero-order valence-corrected chi connectivity index (χ0v) is 11.8. The SMILES string of the molecule is COc1ccc([Se]c2ccc(C(F)(F)F)cc2)cc1. The molecule has 0 aliphatic carbocycles. The van der Waals surface area contributed by atoms with Gasteiger partial charge < -0.3 is 0 Å². The molecule has 2 aromatic rings. The van der Waals surface area contributed by atoms with Crippen molar-refractivity contribution in [2.24, 2.45) is 0 Å². The molecule has 0 saturated heterocycles. The summed E-state index contributed by atoms with van der Waals surface area (Å²) in [7, 11) is 1.59. The van der Waals surface area contributed by atoms with E-state index in [1.807, 2.05) is 24.3 Å². The van der Waals surface area contributed by atoms with Crippen molar-refractivity contribution in [3.05, 3.63) is 54.1 Å². The Morgan fingerprint density at radius 2 is 1.32 bits per heavy atom. The van der Waals surface area contributed by atoms with Gasteiger partial charge in [0, 0.05) is 0 Å². The van der Waals surface area contributed by atoms with Crippen molar-refractivity contribution in [2.75, 3.05) is 7.11 Å². The predicted octanol–water partition coefficient (Wildman–Crippen LogP) is 2.37. The van der Waals surface area contributed by atoms with E-state index in [0.29, 0.717) is 0 Å². The average molecular weight is 331 g/mol. The first kappa shape index (κ1) is 14.0. The van der Waals surface area contributed by atoms with Gasteiger partial charge in [0.25, 0.3) is 0 Å². The van der Waals surface area contributed by atoms with E-state index in [0.717, 1.165) is 26.8 Å². The Morgan fingerprint density at radius 1 is 0.842 bits per heavy atom. The van der Waals surface area contributed by atoms with Crippen LogP contribution in [-0.2, 0) is 6.18 Å². The number of ether oxygens (including phenoxy) is 1. The van der Waals surface area contributed by atoms with Gasteiger partial charge in [-0.3, -0.25) is 0 Å². The van der Waals surface area contributed by atoms with Crippen molar-refractivity contribution in [1.29, 1.82) is 0 Å². The molecule has 19 heavy (non-hydrogen) atoms. The third kappa shape index (κ3) is 3.75. The molecule has 0 aliphatic rings. The molecule has 0 fully saturated rings. The third-order valence-electron chi connectivity index (χ3n) is 2.48. The minimum absolute atomic E-state index is 0.00357. The summed E-state index contributed by atoms with van der Waals surface area (Å²) in [6, 6.07) is 12.9. The Balaban J connectivity index is 2.10. The first-order chi connectivity index (χ1) is 8.99. The molecule has 0 spiro atoms. The molecule has 0 saturated carbocycles. The molecule has 1 nitrogen and oxygen atoms in total. The fraction of sp³-hybridized carbons (Fsp3) is 0.143. The molecule has 0 amide bonds. The quantitative estimate of drug-likeness (QED) is 0.785. The topological polar surface area (TPSA) is 9.23 Å². The maximum absolute atomic E-state index is 12.4. The second-order valence-corrected chi connectivity index (χ2v) is 6.21. The summed E-state index contributed by atoms with van der Waals surface area (Å²) >= 11 is -0.00357. The Bertz CT molecular complexity index is 532. The van der Waals surface area contributed by atoms with Gasteiger partial charge in [-0.25, -0.2) is 0 Å². The molecule has 0 bridgehead atoms. The van der Waals surface area contributed by atoms with Gasteiger partial charge in [0.1, 0.15) is 0 Å². The van der Waals surface area contributed by atoms with Crippen molar-refractivity contribution in [2.45, 2.75) is 6.18 Å². The number of alkyl halides is 3. The molecule has 2 aromatic carbocycles. The molecule has 0 heterocycles. The van der Waals surface area contributed by atoms with E-state index in [2.05, 4.69) is 0 Å². The van der Waals surface area contributed by atoms with Gasteiger partial charge in [0.2, 0.25) is 0 Å². The Kier molecular flexibility index (Phi) is 4.17. The van der Waals surface area contributed by atoms with Gasteiger partial charge >= 0.3 is 115 Å². The van der Waals surface area contributed by atoms with Crippen molar-refractivity contribution < 1.29 is 17.9 Å². The number of benzene rings is 2. The zero-order valence-electron chi connectivity index (χ0n) is 10.1. The van der Waals surface area contributed by atoms with Crippen LogP contribution < -0.4 is 13.7 Å². The van der Waals surface area contributed by atoms with Gasteiger partial charge in [-0.2, -0.15) is 0 Å². The molecular weight excluding hydrogens is 320 g/mol. The molecule has 0 unspecified atom stereocenters. The van der Waals surface area contributed by atoms with Crippen LogP contribution in [-0.4, -0.2) is 22.1 Å². The number of methoxy groups -OCH3 is 1. The van der Waals surface area contributed by atoms with Crippen molar-refractivity contribution in [1.82, 2.24) is 0 Å². The van der Waals surface area contributed by atoms with Crippen LogP contribution in [0.25, 0.3) is 0 Å². The molecular formula is C14H11F3OSe. The fourth-order valence-electron chi connectivity index (χ4n) is 1.49. The summed E-state index contributed by atoms with van der Waals surface area (Å²) in [5.74, 6) is 0.770. The van der Waals surface area contributed by atoms with Gasteiger partial charge in [-0.1, -0.05) is 0 Å². The van der Waals surface area contributed by atoms with Crippen LogP contribution in [0.15, 0.2) is 48.5 Å². The Labute approximate surface area is 115 Å². The number of hydrogen-bond acceptors (Lipinski definition) is 1. The number of rotatable bonds is 3. The van der Waals surface area contributed by atoms with Crippen molar-refractivity contribution in [3.63, 3.8) is 0 Å². The molecule has 100 valence electrons. The average Bonchev–Trinajstić information content (AvgIpc) is 2.39. The molecule has 0 N–H and O–H groups in total. The van der Waals surface area contributed by atoms with Crippen molar-refractivity contribution in [3.8, 4) is 5.75 Å². The molecule has 0 radical (unpaired) electrons. The fourth-order valence-corrected chi connectivity index (χ4v) is 3.20. The minimum atomic E-state index is -4.27. The summed E-state index contributed by atoms with van der Waals surface area (Å²) in [5.41, 5.74) is -0.609. The zero-order chi connectivity index (χ0) is 13.9. The van der Waals surface area contributed by atoms with Crippen molar-refractivity contribution >= 4 is 23.9 Å². The van der Waals surface area contributed by atoms with Crippen LogP contribution in [0.4, 0.5) is 13.2 Å². The van der Waals surface area contributed by atoms with E-state index in [9.17, 15) is 13.2 Å². The first-order valence-electron chi connectivity index (χ1n) is 5.48. The number of hydrogen-bond donors (Lipinski definition) is 0. The molecule has 5 heteroatoms. The van der Waals surface area contributed by atoms with Crippen LogP contribution in [0.3, 0.4) is 0 Å². The van der Waals surface area contributed by atoms with E-state index in [4.69, 9.17) is 4.74 Å². The summed E-state index contributed by atoms with van der Waals surface area (Å²) in [6.45, 7) is 0. The standard InChI is InChI=1S/C14H11F3OSe/c1-18-11-4-8-13(9-5-11)19-12-6-2-10(3-7-12)14(15,16)17/h2-9H,1H3. The van der Waals surface area contributed by atoms with E-state index in [1.54, 1.807) is 7.11 Å². The summed E-state index contributed by atoms with van der Waals surface area (Å²) in [5, 5.41) is 0. The van der Waals surface area contributed by atoms with Gasteiger partial charge in [0.05, 0.1) is 0 Å². The molecule has 0 aliphatic heterocycles. The van der Waals surface area contributed by atoms with E-state index in [1.165, 1.54) is 12.1 Å². The summed E-state index contributed by atoms with van der Waals surface area (Å²) < 4.78 is 44.3. The maximum atomic E-state index is 12.4. The normalized spacial score (nSPS) is 11.4. The molecule has 0 atom stereocenters. The summed E-state index contributed by atoms with van der Waals surface area (Å²) in [6.07, 6.45) is -4.27. The van der Waals surface area contributed by atoms with Crippen LogP contribution in [0.5, 0.6) is 5.75 Å². The van der Waals surface area contributed by atoms with Gasteiger partial charge in [0.15, 0.2) is 0 Å². The Morgan fingerprint density at radius 3 is 1.74 bits per heavy atom. The third-order valence-corrected chi connectivity index (χ3v) is 4.61. The molecule has 2 rings (SSSR count). The van der Waals surface area contributed by atoms with Gasteiger partial charge in [-0.15, -0.1) is 0 Å².